The van der Waals surface area contributed by atoms with E-state index in [0.29, 0.717) is 30.3 Å². The van der Waals surface area contributed by atoms with Crippen molar-refractivity contribution in [1.29, 1.82) is 0 Å². The van der Waals surface area contributed by atoms with Crippen LogP contribution in [0.15, 0.2) is 83.9 Å². The number of benzene rings is 3. The number of unbranched alkanes of at least 4 members (excludes halogenated alkanes) is 1. The van der Waals surface area contributed by atoms with Crippen LogP contribution in [0.1, 0.15) is 71.4 Å². The Labute approximate surface area is 273 Å². The molecule has 5 N–H and O–H groups in total. The number of aromatic amines is 1. The van der Waals surface area contributed by atoms with Gasteiger partial charge < -0.3 is 20.9 Å². The van der Waals surface area contributed by atoms with Crippen LogP contribution in [0, 0.1) is 5.92 Å². The molecule has 0 spiro atoms. The minimum atomic E-state index is -3.79. The van der Waals surface area contributed by atoms with Gasteiger partial charge in [0.25, 0.3) is 10.0 Å². The number of sulfonamides is 1. The molecule has 3 aromatic carbocycles. The van der Waals surface area contributed by atoms with Gasteiger partial charge in [-0.25, -0.2) is 13.2 Å². The number of carbonyl (C=O) groups is 2. The van der Waals surface area contributed by atoms with Gasteiger partial charge in [0.05, 0.1) is 4.90 Å². The van der Waals surface area contributed by atoms with Crippen molar-refractivity contribution in [3.05, 3.63) is 90.1 Å². The van der Waals surface area contributed by atoms with Crippen LogP contribution in [0.5, 0.6) is 0 Å². The number of nitrogens with one attached hydrogen (secondary N) is 5. The van der Waals surface area contributed by atoms with Gasteiger partial charge in [-0.3, -0.25) is 9.52 Å². The molecule has 46 heavy (non-hydrogen) atoms. The third kappa shape index (κ3) is 9.36. The zero-order valence-corrected chi connectivity index (χ0v) is 28.3. The van der Waals surface area contributed by atoms with Crippen LogP contribution >= 0.6 is 0 Å². The SMILES string of the molecule is CCCCC(CC)CNC(=O)[C@H](Cc1c[nH]c2ccccc12)NC(=O)Nc1ccc(NS(=O)(=O)c2ccc(C(C)(C)C)cc2)cc1. The molecule has 0 aliphatic carbocycles. The van der Waals surface area contributed by atoms with Gasteiger partial charge in [-0.2, -0.15) is 0 Å². The van der Waals surface area contributed by atoms with Crippen molar-refractivity contribution in [2.24, 2.45) is 5.92 Å². The van der Waals surface area contributed by atoms with E-state index < -0.39 is 22.1 Å². The van der Waals surface area contributed by atoms with E-state index in [1.807, 2.05) is 42.6 Å². The lowest BCUT2D eigenvalue weighted by Crippen LogP contribution is -2.50. The summed E-state index contributed by atoms with van der Waals surface area (Å²) in [5.74, 6) is 0.140. The van der Waals surface area contributed by atoms with Gasteiger partial charge in [0, 0.05) is 41.4 Å². The Hall–Kier alpha value is -4.31. The first-order chi connectivity index (χ1) is 21.9. The Balaban J connectivity index is 1.41. The minimum Gasteiger partial charge on any atom is -0.361 e. The van der Waals surface area contributed by atoms with E-state index in [4.69, 9.17) is 0 Å². The molecule has 246 valence electrons. The van der Waals surface area contributed by atoms with Gasteiger partial charge in [-0.05, 0) is 71.3 Å². The monoisotopic (exact) mass is 645 g/mol. The lowest BCUT2D eigenvalue weighted by Gasteiger charge is -2.21. The molecule has 1 aromatic heterocycles. The van der Waals surface area contributed by atoms with Crippen LogP contribution < -0.4 is 20.7 Å². The highest BCUT2D eigenvalue weighted by atomic mass is 32.2. The van der Waals surface area contributed by atoms with Gasteiger partial charge in [-0.15, -0.1) is 0 Å². The number of hydrogen-bond acceptors (Lipinski definition) is 4. The predicted molar refractivity (Wildman–Crippen MR) is 187 cm³/mol. The number of urea groups is 1. The highest BCUT2D eigenvalue weighted by Gasteiger charge is 2.24. The second-order valence-electron chi connectivity index (χ2n) is 12.8. The molecule has 0 fully saturated rings. The zero-order valence-electron chi connectivity index (χ0n) is 27.4. The molecule has 10 heteroatoms. The highest BCUT2D eigenvalue weighted by Crippen LogP contribution is 2.25. The Morgan fingerprint density at radius 3 is 2.22 bits per heavy atom. The van der Waals surface area contributed by atoms with Crippen LogP contribution in [0.3, 0.4) is 0 Å². The molecule has 0 bridgehead atoms. The third-order valence-electron chi connectivity index (χ3n) is 8.25. The zero-order chi connectivity index (χ0) is 33.3. The summed E-state index contributed by atoms with van der Waals surface area (Å²) in [6, 6.07) is 19.7. The maximum absolute atomic E-state index is 13.4. The van der Waals surface area contributed by atoms with E-state index in [0.717, 1.165) is 47.7 Å². The molecule has 0 aliphatic heterocycles. The fourth-order valence-electron chi connectivity index (χ4n) is 5.34. The molecule has 4 aromatic rings. The van der Waals surface area contributed by atoms with Crippen molar-refractivity contribution in [2.75, 3.05) is 16.6 Å². The molecule has 2 atom stereocenters. The maximum Gasteiger partial charge on any atom is 0.319 e. The fraction of sp³-hybridized carbons (Fsp3) is 0.389. The largest absolute Gasteiger partial charge is 0.361 e. The van der Waals surface area contributed by atoms with Gasteiger partial charge in [0.15, 0.2) is 0 Å². The van der Waals surface area contributed by atoms with Crippen molar-refractivity contribution in [3.63, 3.8) is 0 Å². The van der Waals surface area contributed by atoms with E-state index >= 15 is 0 Å². The molecular formula is C36H47N5O4S. The van der Waals surface area contributed by atoms with Crippen molar-refractivity contribution in [3.8, 4) is 0 Å². The first-order valence-electron chi connectivity index (χ1n) is 16.0. The first kappa shape index (κ1) is 34.6. The normalized spacial score (nSPS) is 13.2. The van der Waals surface area contributed by atoms with E-state index in [1.165, 1.54) is 0 Å². The Morgan fingerprint density at radius 1 is 0.891 bits per heavy atom. The number of fused-ring (bicyclic) bond motifs is 1. The fourth-order valence-corrected chi connectivity index (χ4v) is 6.39. The lowest BCUT2D eigenvalue weighted by molar-refractivity contribution is -0.123. The van der Waals surface area contributed by atoms with Crippen molar-refractivity contribution < 1.29 is 18.0 Å². The molecule has 0 radical (unpaired) electrons. The third-order valence-corrected chi connectivity index (χ3v) is 9.65. The van der Waals surface area contributed by atoms with Gasteiger partial charge in [0.1, 0.15) is 6.04 Å². The van der Waals surface area contributed by atoms with Crippen molar-refractivity contribution >= 4 is 44.2 Å². The first-order valence-corrected chi connectivity index (χ1v) is 17.5. The summed E-state index contributed by atoms with van der Waals surface area (Å²) in [4.78, 5) is 30.0. The summed E-state index contributed by atoms with van der Waals surface area (Å²) in [5.41, 5.74) is 3.65. The second-order valence-corrected chi connectivity index (χ2v) is 14.5. The van der Waals surface area contributed by atoms with E-state index in [1.54, 1.807) is 36.4 Å². The quantitative estimate of drug-likeness (QED) is 0.0982. The standard InChI is InChI=1S/C36H47N5O4S/c1-6-8-11-25(7-2)23-38-34(42)33(22-26-24-37-32-13-10-9-12-31(26)32)40-35(43)39-28-16-18-29(19-17-28)41-46(44,45)30-20-14-27(15-21-30)36(3,4)5/h9-10,12-21,24-25,33,37,41H,6-8,11,22-23H2,1-5H3,(H,38,42)(H2,39,40,43)/t25?,33-/m0/s1. The molecule has 1 unspecified atom stereocenters. The van der Waals surface area contributed by atoms with Crippen LogP contribution in [0.2, 0.25) is 0 Å². The Kier molecular flexibility index (Phi) is 11.5. The number of amides is 3. The van der Waals surface area contributed by atoms with Gasteiger partial charge in [0.2, 0.25) is 5.91 Å². The molecule has 1 heterocycles. The minimum absolute atomic E-state index is 0.0859. The predicted octanol–water partition coefficient (Wildman–Crippen LogP) is 7.33. The van der Waals surface area contributed by atoms with E-state index in [-0.39, 0.29) is 16.2 Å². The van der Waals surface area contributed by atoms with Gasteiger partial charge in [-0.1, -0.05) is 84.2 Å². The summed E-state index contributed by atoms with van der Waals surface area (Å²) in [7, 11) is -3.79. The van der Waals surface area contributed by atoms with E-state index in [2.05, 4.69) is 60.3 Å². The number of aromatic nitrogens is 1. The molecule has 4 rings (SSSR count). The Morgan fingerprint density at radius 2 is 1.57 bits per heavy atom. The number of H-pyrrole nitrogens is 1. The molecule has 3 amide bonds. The van der Waals surface area contributed by atoms with Crippen LogP contribution in [0.25, 0.3) is 10.9 Å². The highest BCUT2D eigenvalue weighted by molar-refractivity contribution is 7.92. The summed E-state index contributed by atoms with van der Waals surface area (Å²) in [6.07, 6.45) is 6.42. The molecule has 0 aliphatic rings. The number of hydrogen-bond donors (Lipinski definition) is 5. The summed E-state index contributed by atoms with van der Waals surface area (Å²) >= 11 is 0. The molecule has 0 saturated heterocycles. The van der Waals surface area contributed by atoms with Gasteiger partial charge >= 0.3 is 6.03 Å². The van der Waals surface area contributed by atoms with Crippen LogP contribution in [-0.4, -0.2) is 37.9 Å². The van der Waals surface area contributed by atoms with Crippen molar-refractivity contribution in [2.45, 2.75) is 83.1 Å². The second kappa shape index (κ2) is 15.3. The van der Waals surface area contributed by atoms with Crippen LogP contribution in [0.4, 0.5) is 16.2 Å². The average molecular weight is 646 g/mol. The molecular weight excluding hydrogens is 598 g/mol. The summed E-state index contributed by atoms with van der Waals surface area (Å²) in [6.45, 7) is 11.1. The van der Waals surface area contributed by atoms with Crippen LogP contribution in [-0.2, 0) is 26.7 Å². The number of para-hydroxylation sites is 1. The Bertz CT molecular complexity index is 1710. The number of anilines is 2. The van der Waals surface area contributed by atoms with Crippen molar-refractivity contribution in [1.82, 2.24) is 15.6 Å². The summed E-state index contributed by atoms with van der Waals surface area (Å²) in [5, 5.41) is 9.70. The van der Waals surface area contributed by atoms with E-state index in [9.17, 15) is 18.0 Å². The smallest absolute Gasteiger partial charge is 0.319 e. The summed E-state index contributed by atoms with van der Waals surface area (Å²) < 4.78 is 28.5. The number of carbonyl (C=O) groups excluding carboxylic acids is 2. The topological polar surface area (TPSA) is 132 Å². The number of rotatable bonds is 14. The lowest BCUT2D eigenvalue weighted by atomic mass is 9.87. The molecule has 0 saturated carbocycles. The average Bonchev–Trinajstić information content (AvgIpc) is 3.44. The molecule has 9 nitrogen and oxygen atoms in total. The maximum atomic E-state index is 13.4.